The average molecular weight is 312 g/mol. The minimum absolute atomic E-state index is 0.0794. The summed E-state index contributed by atoms with van der Waals surface area (Å²) in [6, 6.07) is 5.81. The van der Waals surface area contributed by atoms with Crippen molar-refractivity contribution in [2.24, 2.45) is 5.73 Å². The Bertz CT molecular complexity index is 464. The number of amides is 1. The van der Waals surface area contributed by atoms with Gasteiger partial charge in [-0.1, -0.05) is 6.07 Å². The molecule has 1 aromatic carbocycles. The number of rotatable bonds is 2. The highest BCUT2D eigenvalue weighted by atomic mass is 79.9. The molecule has 0 aromatic heterocycles. The van der Waals surface area contributed by atoms with Gasteiger partial charge in [-0.2, -0.15) is 0 Å². The second-order valence-corrected chi connectivity index (χ2v) is 5.53. The van der Waals surface area contributed by atoms with E-state index in [0.717, 1.165) is 16.7 Å². The lowest BCUT2D eigenvalue weighted by Gasteiger charge is -2.38. The lowest BCUT2D eigenvalue weighted by atomic mass is 10.1. The van der Waals surface area contributed by atoms with Gasteiger partial charge < -0.3 is 10.6 Å². The Morgan fingerprint density at radius 3 is 2.78 bits per heavy atom. The Hall–Kier alpha value is -0.910. The van der Waals surface area contributed by atoms with Gasteiger partial charge in [-0.05, 0) is 47.6 Å². The number of hydrogen-bond acceptors (Lipinski definition) is 3. The first-order valence-corrected chi connectivity index (χ1v) is 6.81. The Labute approximate surface area is 116 Å². The molecule has 1 unspecified atom stereocenters. The summed E-state index contributed by atoms with van der Waals surface area (Å²) in [5.74, 6) is 0.0794. The van der Waals surface area contributed by atoms with Gasteiger partial charge in [0, 0.05) is 24.1 Å². The van der Waals surface area contributed by atoms with Gasteiger partial charge >= 0.3 is 0 Å². The Balaban J connectivity index is 2.30. The zero-order chi connectivity index (χ0) is 13.3. The highest BCUT2D eigenvalue weighted by Gasteiger charge is 2.32. The fraction of sp³-hybridized carbons (Fsp3) is 0.462. The van der Waals surface area contributed by atoms with Crippen LogP contribution in [0.3, 0.4) is 0 Å². The van der Waals surface area contributed by atoms with Crippen LogP contribution in [-0.2, 0) is 4.79 Å². The smallest absolute Gasteiger partial charge is 0.245 e. The molecule has 0 bridgehead atoms. The number of likely N-dealkylation sites (N-methyl/N-ethyl adjacent to an activating group) is 1. The number of anilines is 1. The third-order valence-electron chi connectivity index (χ3n) is 3.38. The molecule has 1 aliphatic rings. The second kappa shape index (κ2) is 5.38. The molecule has 2 N–H and O–H groups in total. The van der Waals surface area contributed by atoms with Crippen LogP contribution in [0, 0.1) is 6.92 Å². The third kappa shape index (κ3) is 2.43. The van der Waals surface area contributed by atoms with Crippen molar-refractivity contribution in [3.05, 3.63) is 28.2 Å². The fourth-order valence-corrected chi connectivity index (χ4v) is 2.95. The highest BCUT2D eigenvalue weighted by Crippen LogP contribution is 2.29. The molecular weight excluding hydrogens is 294 g/mol. The van der Waals surface area contributed by atoms with E-state index in [1.54, 1.807) is 0 Å². The summed E-state index contributed by atoms with van der Waals surface area (Å²) in [7, 11) is 1.94. The van der Waals surface area contributed by atoms with Crippen LogP contribution < -0.4 is 10.6 Å². The molecule has 1 fully saturated rings. The molecular formula is C13H18BrN3O. The van der Waals surface area contributed by atoms with Crippen LogP contribution in [0.2, 0.25) is 0 Å². The van der Waals surface area contributed by atoms with Gasteiger partial charge in [0.05, 0.1) is 5.69 Å². The van der Waals surface area contributed by atoms with Crippen LogP contribution in [0.15, 0.2) is 22.7 Å². The summed E-state index contributed by atoms with van der Waals surface area (Å²) in [6.45, 7) is 3.93. The van der Waals surface area contributed by atoms with Crippen molar-refractivity contribution in [3.8, 4) is 0 Å². The number of carbonyl (C=O) groups is 1. The minimum atomic E-state index is -0.216. The number of carbonyl (C=O) groups excluding carboxylic acids is 1. The molecule has 98 valence electrons. The predicted molar refractivity (Wildman–Crippen MR) is 76.7 cm³/mol. The van der Waals surface area contributed by atoms with E-state index in [0.29, 0.717) is 13.1 Å². The first-order valence-electron chi connectivity index (χ1n) is 6.02. The Morgan fingerprint density at radius 2 is 2.17 bits per heavy atom. The van der Waals surface area contributed by atoms with E-state index in [1.165, 1.54) is 5.56 Å². The van der Waals surface area contributed by atoms with Crippen LogP contribution in [-0.4, -0.2) is 43.5 Å². The number of nitrogens with two attached hydrogens (primary N) is 1. The van der Waals surface area contributed by atoms with Gasteiger partial charge in [-0.25, -0.2) is 0 Å². The van der Waals surface area contributed by atoms with Crippen molar-refractivity contribution in [1.82, 2.24) is 4.90 Å². The first-order chi connectivity index (χ1) is 8.54. The van der Waals surface area contributed by atoms with Gasteiger partial charge in [-0.15, -0.1) is 0 Å². The predicted octanol–water partition coefficient (Wildman–Crippen LogP) is 1.36. The normalized spacial score (nSPS) is 21.4. The minimum Gasteiger partial charge on any atom is -0.328 e. The molecule has 0 saturated carbocycles. The molecule has 1 atom stereocenters. The molecule has 0 aliphatic carbocycles. The molecule has 0 spiro atoms. The summed E-state index contributed by atoms with van der Waals surface area (Å²) in [6.07, 6.45) is 0. The molecule has 2 rings (SSSR count). The largest absolute Gasteiger partial charge is 0.328 e. The number of nitrogens with zero attached hydrogens (tertiary/aromatic N) is 2. The molecule has 1 aliphatic heterocycles. The maximum Gasteiger partial charge on any atom is 0.245 e. The molecule has 4 nitrogen and oxygen atoms in total. The molecule has 0 radical (unpaired) electrons. The van der Waals surface area contributed by atoms with Crippen LogP contribution in [0.1, 0.15) is 5.56 Å². The number of piperazine rings is 1. The number of halogens is 1. The van der Waals surface area contributed by atoms with Gasteiger partial charge in [0.2, 0.25) is 5.91 Å². The van der Waals surface area contributed by atoms with Gasteiger partial charge in [-0.3, -0.25) is 9.69 Å². The maximum absolute atomic E-state index is 12.4. The standard InChI is InChI=1S/C13H18BrN3O/c1-9-3-4-11(10(14)7-9)17-6-5-16(2)12(8-15)13(17)18/h3-4,7,12H,5-6,8,15H2,1-2H3. The topological polar surface area (TPSA) is 49.6 Å². The lowest BCUT2D eigenvalue weighted by Crippen LogP contribution is -2.58. The van der Waals surface area contributed by atoms with Crippen molar-refractivity contribution in [3.63, 3.8) is 0 Å². The Morgan fingerprint density at radius 1 is 1.44 bits per heavy atom. The van der Waals surface area contributed by atoms with Crippen LogP contribution in [0.5, 0.6) is 0 Å². The Kier molecular flexibility index (Phi) is 4.04. The second-order valence-electron chi connectivity index (χ2n) is 4.68. The number of benzene rings is 1. The molecule has 1 aromatic rings. The number of aryl methyl sites for hydroxylation is 1. The SMILES string of the molecule is Cc1ccc(N2CCN(C)C(CN)C2=O)c(Br)c1. The van der Waals surface area contributed by atoms with Crippen LogP contribution in [0.4, 0.5) is 5.69 Å². The maximum atomic E-state index is 12.4. The average Bonchev–Trinajstić information content (AvgIpc) is 2.31. The van der Waals surface area contributed by atoms with Crippen LogP contribution >= 0.6 is 15.9 Å². The van der Waals surface area contributed by atoms with E-state index in [4.69, 9.17) is 5.73 Å². The summed E-state index contributed by atoms with van der Waals surface area (Å²) in [5, 5.41) is 0. The van der Waals surface area contributed by atoms with Gasteiger partial charge in [0.15, 0.2) is 0 Å². The van der Waals surface area contributed by atoms with Gasteiger partial charge in [0.25, 0.3) is 0 Å². The quantitative estimate of drug-likeness (QED) is 0.897. The molecule has 1 amide bonds. The molecule has 5 heteroatoms. The van der Waals surface area contributed by atoms with Crippen molar-refractivity contribution in [1.29, 1.82) is 0 Å². The van der Waals surface area contributed by atoms with E-state index >= 15 is 0 Å². The van der Waals surface area contributed by atoms with Crippen molar-refractivity contribution in [2.45, 2.75) is 13.0 Å². The molecule has 1 heterocycles. The van der Waals surface area contributed by atoms with Crippen molar-refractivity contribution < 1.29 is 4.79 Å². The monoisotopic (exact) mass is 311 g/mol. The van der Waals surface area contributed by atoms with E-state index in [2.05, 4.69) is 15.9 Å². The summed E-state index contributed by atoms with van der Waals surface area (Å²) in [4.78, 5) is 16.2. The van der Waals surface area contributed by atoms with Crippen molar-refractivity contribution in [2.75, 3.05) is 31.6 Å². The van der Waals surface area contributed by atoms with E-state index in [-0.39, 0.29) is 11.9 Å². The van der Waals surface area contributed by atoms with E-state index < -0.39 is 0 Å². The zero-order valence-electron chi connectivity index (χ0n) is 10.7. The van der Waals surface area contributed by atoms with Crippen LogP contribution in [0.25, 0.3) is 0 Å². The lowest BCUT2D eigenvalue weighted by molar-refractivity contribution is -0.124. The summed E-state index contributed by atoms with van der Waals surface area (Å²) < 4.78 is 0.955. The molecule has 1 saturated heterocycles. The van der Waals surface area contributed by atoms with E-state index in [1.807, 2.05) is 42.0 Å². The first kappa shape index (κ1) is 13.5. The summed E-state index contributed by atoms with van der Waals surface area (Å²) in [5.41, 5.74) is 7.78. The van der Waals surface area contributed by atoms with Gasteiger partial charge in [0.1, 0.15) is 6.04 Å². The highest BCUT2D eigenvalue weighted by molar-refractivity contribution is 9.10. The van der Waals surface area contributed by atoms with E-state index in [9.17, 15) is 4.79 Å². The summed E-state index contributed by atoms with van der Waals surface area (Å²) >= 11 is 3.53. The fourth-order valence-electron chi connectivity index (χ4n) is 2.24. The zero-order valence-corrected chi connectivity index (χ0v) is 12.3. The number of hydrogen-bond donors (Lipinski definition) is 1. The molecule has 18 heavy (non-hydrogen) atoms. The third-order valence-corrected chi connectivity index (χ3v) is 4.01. The van der Waals surface area contributed by atoms with Crippen molar-refractivity contribution >= 4 is 27.5 Å².